The summed E-state index contributed by atoms with van der Waals surface area (Å²) in [5.74, 6) is -1.70. The third-order valence-electron chi connectivity index (χ3n) is 3.52. The van der Waals surface area contributed by atoms with Crippen LogP contribution in [-0.4, -0.2) is 13.1 Å². The van der Waals surface area contributed by atoms with Gasteiger partial charge in [0.05, 0.1) is 13.2 Å². The minimum Gasteiger partial charge on any atom is -0.468 e. The molecule has 106 valence electrons. The van der Waals surface area contributed by atoms with E-state index in [1.165, 1.54) is 7.11 Å². The van der Waals surface area contributed by atoms with Crippen LogP contribution >= 0.6 is 0 Å². The van der Waals surface area contributed by atoms with Gasteiger partial charge in [0.1, 0.15) is 0 Å². The predicted octanol–water partition coefficient (Wildman–Crippen LogP) is 3.44. The van der Waals surface area contributed by atoms with Gasteiger partial charge in [0.2, 0.25) is 0 Å². The molecule has 0 saturated carbocycles. The summed E-state index contributed by atoms with van der Waals surface area (Å²) in [5, 5.41) is 9.42. The Kier molecular flexibility index (Phi) is 4.73. The molecule has 0 fully saturated rings. The van der Waals surface area contributed by atoms with Gasteiger partial charge < -0.3 is 4.74 Å². The number of ether oxygens (including phenoxy) is 1. The van der Waals surface area contributed by atoms with Crippen LogP contribution in [0.1, 0.15) is 22.6 Å². The highest BCUT2D eigenvalue weighted by atomic mass is 16.5. The van der Waals surface area contributed by atoms with Gasteiger partial charge in [0, 0.05) is 5.92 Å². The van der Waals surface area contributed by atoms with Crippen molar-refractivity contribution in [3.05, 3.63) is 71.3 Å². The number of aryl methyl sites for hydroxylation is 1. The van der Waals surface area contributed by atoms with Crippen LogP contribution in [-0.2, 0) is 9.53 Å². The van der Waals surface area contributed by atoms with E-state index in [4.69, 9.17) is 4.74 Å². The van der Waals surface area contributed by atoms with Gasteiger partial charge in [-0.05, 0) is 18.1 Å². The highest BCUT2D eigenvalue weighted by Gasteiger charge is 2.31. The summed E-state index contributed by atoms with van der Waals surface area (Å²) in [6, 6.07) is 19.6. The summed E-state index contributed by atoms with van der Waals surface area (Å²) >= 11 is 0. The number of hydrogen-bond donors (Lipinski definition) is 0. The van der Waals surface area contributed by atoms with Crippen LogP contribution < -0.4 is 0 Å². The van der Waals surface area contributed by atoms with E-state index in [1.54, 1.807) is 0 Å². The van der Waals surface area contributed by atoms with Crippen LogP contribution in [0.3, 0.4) is 0 Å². The van der Waals surface area contributed by atoms with Crippen molar-refractivity contribution >= 4 is 5.97 Å². The molecule has 0 aliphatic heterocycles. The van der Waals surface area contributed by atoms with Gasteiger partial charge in [-0.2, -0.15) is 5.26 Å². The van der Waals surface area contributed by atoms with Crippen LogP contribution in [0.15, 0.2) is 54.6 Å². The molecule has 3 heteroatoms. The van der Waals surface area contributed by atoms with Crippen molar-refractivity contribution in [1.82, 2.24) is 0 Å². The zero-order valence-corrected chi connectivity index (χ0v) is 12.1. The smallest absolute Gasteiger partial charge is 0.324 e. The maximum absolute atomic E-state index is 12.0. The average molecular weight is 279 g/mol. The van der Waals surface area contributed by atoms with Gasteiger partial charge in [0.15, 0.2) is 5.92 Å². The van der Waals surface area contributed by atoms with Crippen LogP contribution in [0.2, 0.25) is 0 Å². The Morgan fingerprint density at radius 2 is 1.62 bits per heavy atom. The SMILES string of the molecule is COC(=O)C(C#N)[C@@H](c1ccccc1)c1ccc(C)cc1. The third-order valence-corrected chi connectivity index (χ3v) is 3.52. The standard InChI is InChI=1S/C18H17NO2/c1-13-8-10-15(11-9-13)17(14-6-4-3-5-7-14)16(12-19)18(20)21-2/h3-11,16-17H,1-2H3/t16?,17-/m0/s1. The first-order valence-corrected chi connectivity index (χ1v) is 6.76. The van der Waals surface area contributed by atoms with E-state index in [0.717, 1.165) is 16.7 Å². The fraction of sp³-hybridized carbons (Fsp3) is 0.222. The molecule has 2 rings (SSSR count). The number of nitrogens with zero attached hydrogens (tertiary/aromatic N) is 1. The van der Waals surface area contributed by atoms with Crippen molar-refractivity contribution in [3.63, 3.8) is 0 Å². The first kappa shape index (κ1) is 14.8. The summed E-state index contributed by atoms with van der Waals surface area (Å²) in [5.41, 5.74) is 3.00. The third kappa shape index (κ3) is 3.29. The van der Waals surface area contributed by atoms with Crippen molar-refractivity contribution in [2.75, 3.05) is 7.11 Å². The maximum atomic E-state index is 12.0. The Morgan fingerprint density at radius 3 is 2.14 bits per heavy atom. The lowest BCUT2D eigenvalue weighted by atomic mass is 9.81. The Bertz CT molecular complexity index is 641. The zero-order chi connectivity index (χ0) is 15.2. The molecule has 0 aliphatic rings. The van der Waals surface area contributed by atoms with Gasteiger partial charge in [-0.15, -0.1) is 0 Å². The molecular formula is C18H17NO2. The normalized spacial score (nSPS) is 13.0. The van der Waals surface area contributed by atoms with E-state index in [2.05, 4.69) is 6.07 Å². The molecule has 0 N–H and O–H groups in total. The van der Waals surface area contributed by atoms with Crippen molar-refractivity contribution in [1.29, 1.82) is 5.26 Å². The lowest BCUT2D eigenvalue weighted by Gasteiger charge is -2.21. The molecule has 3 nitrogen and oxygen atoms in total. The molecular weight excluding hydrogens is 262 g/mol. The van der Waals surface area contributed by atoms with E-state index in [0.29, 0.717) is 0 Å². The van der Waals surface area contributed by atoms with Crippen molar-refractivity contribution in [2.24, 2.45) is 5.92 Å². The monoisotopic (exact) mass is 279 g/mol. The Balaban J connectivity index is 2.52. The van der Waals surface area contributed by atoms with Gasteiger partial charge in [-0.1, -0.05) is 60.2 Å². The largest absolute Gasteiger partial charge is 0.468 e. The van der Waals surface area contributed by atoms with E-state index in [9.17, 15) is 10.1 Å². The van der Waals surface area contributed by atoms with E-state index >= 15 is 0 Å². The number of esters is 1. The van der Waals surface area contributed by atoms with Crippen molar-refractivity contribution in [3.8, 4) is 6.07 Å². The summed E-state index contributed by atoms with van der Waals surface area (Å²) < 4.78 is 4.79. The van der Waals surface area contributed by atoms with Crippen LogP contribution in [0, 0.1) is 24.2 Å². The number of rotatable bonds is 4. The topological polar surface area (TPSA) is 50.1 Å². The molecule has 2 aromatic carbocycles. The van der Waals surface area contributed by atoms with Gasteiger partial charge >= 0.3 is 5.97 Å². The molecule has 0 aliphatic carbocycles. The van der Waals surface area contributed by atoms with Gasteiger partial charge in [0.25, 0.3) is 0 Å². The second-order valence-electron chi connectivity index (χ2n) is 4.93. The first-order valence-electron chi connectivity index (χ1n) is 6.76. The van der Waals surface area contributed by atoms with Crippen molar-refractivity contribution in [2.45, 2.75) is 12.8 Å². The number of carbonyl (C=O) groups excluding carboxylic acids is 1. The summed E-state index contributed by atoms with van der Waals surface area (Å²) in [6.07, 6.45) is 0. The predicted molar refractivity (Wildman–Crippen MR) is 80.6 cm³/mol. The molecule has 0 saturated heterocycles. The molecule has 1 unspecified atom stereocenters. The lowest BCUT2D eigenvalue weighted by Crippen LogP contribution is -2.23. The lowest BCUT2D eigenvalue weighted by molar-refractivity contribution is -0.143. The number of nitriles is 1. The highest BCUT2D eigenvalue weighted by Crippen LogP contribution is 2.32. The summed E-state index contributed by atoms with van der Waals surface area (Å²) in [6.45, 7) is 2.00. The average Bonchev–Trinajstić information content (AvgIpc) is 2.54. The molecule has 0 spiro atoms. The molecule has 2 atom stereocenters. The second-order valence-corrected chi connectivity index (χ2v) is 4.93. The van der Waals surface area contributed by atoms with Crippen molar-refractivity contribution < 1.29 is 9.53 Å². The minimum absolute atomic E-state index is 0.329. The number of methoxy groups -OCH3 is 1. The molecule has 21 heavy (non-hydrogen) atoms. The molecule has 0 bridgehead atoms. The van der Waals surface area contributed by atoms with Gasteiger partial charge in [-0.3, -0.25) is 4.79 Å². The fourth-order valence-electron chi connectivity index (χ4n) is 2.40. The minimum atomic E-state index is -0.861. The van der Waals surface area contributed by atoms with E-state index in [1.807, 2.05) is 61.5 Å². The van der Waals surface area contributed by atoms with Crippen LogP contribution in [0.5, 0.6) is 0 Å². The summed E-state index contributed by atoms with van der Waals surface area (Å²) in [7, 11) is 1.31. The zero-order valence-electron chi connectivity index (χ0n) is 12.1. The number of carbonyl (C=O) groups is 1. The van der Waals surface area contributed by atoms with Gasteiger partial charge in [-0.25, -0.2) is 0 Å². The quantitative estimate of drug-likeness (QED) is 0.805. The summed E-state index contributed by atoms with van der Waals surface area (Å²) in [4.78, 5) is 12.0. The number of benzene rings is 2. The van der Waals surface area contributed by atoms with Crippen LogP contribution in [0.25, 0.3) is 0 Å². The Labute approximate surface area is 124 Å². The first-order chi connectivity index (χ1) is 10.2. The van der Waals surface area contributed by atoms with E-state index < -0.39 is 11.9 Å². The highest BCUT2D eigenvalue weighted by molar-refractivity contribution is 5.77. The molecule has 2 aromatic rings. The molecule has 0 amide bonds. The Morgan fingerprint density at radius 1 is 1.05 bits per heavy atom. The van der Waals surface area contributed by atoms with E-state index in [-0.39, 0.29) is 5.92 Å². The second kappa shape index (κ2) is 6.71. The Hall–Kier alpha value is -2.60. The molecule has 0 heterocycles. The fourth-order valence-corrected chi connectivity index (χ4v) is 2.40. The number of hydrogen-bond acceptors (Lipinski definition) is 3. The molecule has 0 radical (unpaired) electrons. The maximum Gasteiger partial charge on any atom is 0.324 e. The molecule has 0 aromatic heterocycles. The van der Waals surface area contributed by atoms with Crippen LogP contribution in [0.4, 0.5) is 0 Å².